The number of carbonyl (C=O) groups is 1. The highest BCUT2D eigenvalue weighted by molar-refractivity contribution is 7.99. The highest BCUT2D eigenvalue weighted by Gasteiger charge is 1.98. The zero-order chi connectivity index (χ0) is 7.82. The highest BCUT2D eigenvalue weighted by Crippen LogP contribution is 2.01. The third-order valence-corrected chi connectivity index (χ3v) is 2.14. The normalized spacial score (nSPS) is 9.80. The molecule has 0 N–H and O–H groups in total. The number of hydrogen-bond donors (Lipinski definition) is 0. The van der Waals surface area contributed by atoms with Gasteiger partial charge in [0.1, 0.15) is 6.61 Å². The molecule has 0 heterocycles. The van der Waals surface area contributed by atoms with Gasteiger partial charge in [0.15, 0.2) is 5.78 Å². The number of Topliss-reactive ketones (excluding diaryl/α,β-unsaturated/α-hetero) is 1. The molecule has 0 radical (unpaired) electrons. The fraction of sp³-hybridized carbons (Fsp3) is 0.857. The van der Waals surface area contributed by atoms with Crippen LogP contribution in [0.5, 0.6) is 0 Å². The summed E-state index contributed by atoms with van der Waals surface area (Å²) in [4.78, 5) is 10.8. The number of hydrogen-bond acceptors (Lipinski definition) is 3. The van der Waals surface area contributed by atoms with Crippen LogP contribution in [0.1, 0.15) is 13.3 Å². The van der Waals surface area contributed by atoms with Crippen molar-refractivity contribution < 1.29 is 9.53 Å². The van der Waals surface area contributed by atoms with Crippen molar-refractivity contribution in [3.05, 3.63) is 0 Å². The van der Waals surface area contributed by atoms with Gasteiger partial charge in [0, 0.05) is 7.11 Å². The predicted octanol–water partition coefficient (Wildman–Crippen LogP) is 1.35. The van der Waals surface area contributed by atoms with Gasteiger partial charge in [0.2, 0.25) is 0 Å². The van der Waals surface area contributed by atoms with E-state index in [9.17, 15) is 4.79 Å². The molecule has 0 aliphatic heterocycles. The quantitative estimate of drug-likeness (QED) is 0.551. The van der Waals surface area contributed by atoms with Crippen LogP contribution in [0.2, 0.25) is 0 Å². The SMILES string of the molecule is CCCSCC(=O)COC. The minimum Gasteiger partial charge on any atom is -0.377 e. The summed E-state index contributed by atoms with van der Waals surface area (Å²) in [5.74, 6) is 1.85. The van der Waals surface area contributed by atoms with Gasteiger partial charge in [-0.25, -0.2) is 0 Å². The number of methoxy groups -OCH3 is 1. The van der Waals surface area contributed by atoms with E-state index in [-0.39, 0.29) is 12.4 Å². The van der Waals surface area contributed by atoms with E-state index in [1.165, 1.54) is 0 Å². The van der Waals surface area contributed by atoms with Gasteiger partial charge in [-0.05, 0) is 12.2 Å². The van der Waals surface area contributed by atoms with Gasteiger partial charge in [-0.2, -0.15) is 11.8 Å². The number of thioether (sulfide) groups is 1. The molecule has 0 fully saturated rings. The lowest BCUT2D eigenvalue weighted by Gasteiger charge is -1.97. The standard InChI is InChI=1S/C7H14O2S/c1-3-4-10-6-7(8)5-9-2/h3-6H2,1-2H3. The van der Waals surface area contributed by atoms with Crippen LogP contribution >= 0.6 is 11.8 Å². The maximum absolute atomic E-state index is 10.8. The van der Waals surface area contributed by atoms with Crippen molar-refractivity contribution >= 4 is 17.5 Å². The van der Waals surface area contributed by atoms with Gasteiger partial charge in [-0.15, -0.1) is 0 Å². The lowest BCUT2D eigenvalue weighted by atomic mass is 10.5. The molecule has 0 saturated heterocycles. The molecule has 0 saturated carbocycles. The predicted molar refractivity (Wildman–Crippen MR) is 44.5 cm³/mol. The van der Waals surface area contributed by atoms with Crippen molar-refractivity contribution in [3.8, 4) is 0 Å². The molecule has 0 aromatic rings. The molecule has 3 heteroatoms. The molecule has 0 aliphatic carbocycles. The summed E-state index contributed by atoms with van der Waals surface area (Å²) in [6, 6.07) is 0. The van der Waals surface area contributed by atoms with Crippen molar-refractivity contribution in [2.24, 2.45) is 0 Å². The monoisotopic (exact) mass is 162 g/mol. The largest absolute Gasteiger partial charge is 0.377 e. The molecule has 0 spiro atoms. The van der Waals surface area contributed by atoms with Crippen LogP contribution in [0.25, 0.3) is 0 Å². The van der Waals surface area contributed by atoms with Crippen molar-refractivity contribution in [1.82, 2.24) is 0 Å². The summed E-state index contributed by atoms with van der Waals surface area (Å²) in [5.41, 5.74) is 0. The molecule has 0 unspecified atom stereocenters. The van der Waals surface area contributed by atoms with Gasteiger partial charge in [0.05, 0.1) is 5.75 Å². The number of ketones is 1. The highest BCUT2D eigenvalue weighted by atomic mass is 32.2. The van der Waals surface area contributed by atoms with Crippen molar-refractivity contribution in [2.75, 3.05) is 25.2 Å². The van der Waals surface area contributed by atoms with Crippen LogP contribution in [0.4, 0.5) is 0 Å². The Morgan fingerprint density at radius 2 is 2.30 bits per heavy atom. The smallest absolute Gasteiger partial charge is 0.168 e. The Morgan fingerprint density at radius 3 is 2.80 bits per heavy atom. The number of carbonyl (C=O) groups excluding carboxylic acids is 1. The summed E-state index contributed by atoms with van der Waals surface area (Å²) in [6.07, 6.45) is 1.13. The molecular weight excluding hydrogens is 148 g/mol. The molecule has 0 aromatic carbocycles. The van der Waals surface area contributed by atoms with Crippen molar-refractivity contribution in [3.63, 3.8) is 0 Å². The molecule has 0 atom stereocenters. The van der Waals surface area contributed by atoms with E-state index in [0.717, 1.165) is 12.2 Å². The summed E-state index contributed by atoms with van der Waals surface area (Å²) in [5, 5.41) is 0. The Balaban J connectivity index is 3.05. The Morgan fingerprint density at radius 1 is 1.60 bits per heavy atom. The zero-order valence-electron chi connectivity index (χ0n) is 6.55. The van der Waals surface area contributed by atoms with E-state index in [2.05, 4.69) is 11.7 Å². The second-order valence-corrected chi connectivity index (χ2v) is 3.13. The number of rotatable bonds is 6. The zero-order valence-corrected chi connectivity index (χ0v) is 7.37. The molecule has 0 aliphatic rings. The topological polar surface area (TPSA) is 26.3 Å². The average Bonchev–Trinajstić information content (AvgIpc) is 1.89. The molecule has 0 bridgehead atoms. The molecular formula is C7H14O2S. The molecule has 10 heavy (non-hydrogen) atoms. The fourth-order valence-electron chi connectivity index (χ4n) is 0.533. The third kappa shape index (κ3) is 6.11. The minimum absolute atomic E-state index is 0.181. The Kier molecular flexibility index (Phi) is 7.08. The van der Waals surface area contributed by atoms with Gasteiger partial charge < -0.3 is 4.74 Å². The lowest BCUT2D eigenvalue weighted by molar-refractivity contribution is -0.120. The third-order valence-electron chi connectivity index (χ3n) is 0.917. The van der Waals surface area contributed by atoms with Crippen molar-refractivity contribution in [1.29, 1.82) is 0 Å². The summed E-state index contributed by atoms with van der Waals surface area (Å²) >= 11 is 1.67. The lowest BCUT2D eigenvalue weighted by Crippen LogP contribution is -2.09. The van der Waals surface area contributed by atoms with Crippen LogP contribution < -0.4 is 0 Å². The second-order valence-electron chi connectivity index (χ2n) is 2.02. The van der Waals surface area contributed by atoms with Gasteiger partial charge in [0.25, 0.3) is 0 Å². The Labute approximate surface area is 66.3 Å². The van der Waals surface area contributed by atoms with E-state index in [4.69, 9.17) is 0 Å². The maximum Gasteiger partial charge on any atom is 0.168 e. The van der Waals surface area contributed by atoms with Crippen LogP contribution in [0, 0.1) is 0 Å². The first-order valence-corrected chi connectivity index (χ1v) is 4.55. The first-order chi connectivity index (χ1) is 4.81. The maximum atomic E-state index is 10.8. The second kappa shape index (κ2) is 7.09. The Bertz CT molecular complexity index is 93.6. The average molecular weight is 162 g/mol. The van der Waals surface area contributed by atoms with Crippen molar-refractivity contribution in [2.45, 2.75) is 13.3 Å². The van der Waals surface area contributed by atoms with Gasteiger partial charge in [-0.3, -0.25) is 4.79 Å². The minimum atomic E-state index is 0.181. The summed E-state index contributed by atoms with van der Waals surface area (Å²) in [6.45, 7) is 2.37. The molecule has 2 nitrogen and oxygen atoms in total. The van der Waals surface area contributed by atoms with Crippen LogP contribution in [-0.4, -0.2) is 31.0 Å². The van der Waals surface area contributed by atoms with Gasteiger partial charge in [-0.1, -0.05) is 6.92 Å². The van der Waals surface area contributed by atoms with E-state index in [0.29, 0.717) is 5.75 Å². The first-order valence-electron chi connectivity index (χ1n) is 3.39. The van der Waals surface area contributed by atoms with E-state index >= 15 is 0 Å². The number of ether oxygens (including phenoxy) is 1. The van der Waals surface area contributed by atoms with Crippen LogP contribution in [0.15, 0.2) is 0 Å². The first kappa shape index (κ1) is 9.98. The fourth-order valence-corrected chi connectivity index (χ4v) is 1.28. The molecule has 0 rings (SSSR count). The summed E-state index contributed by atoms with van der Waals surface area (Å²) < 4.78 is 4.67. The van der Waals surface area contributed by atoms with E-state index in [1.807, 2.05) is 0 Å². The van der Waals surface area contributed by atoms with Crippen LogP contribution in [0.3, 0.4) is 0 Å². The van der Waals surface area contributed by atoms with E-state index in [1.54, 1.807) is 18.9 Å². The Hall–Kier alpha value is -0.0200. The van der Waals surface area contributed by atoms with Crippen LogP contribution in [-0.2, 0) is 9.53 Å². The summed E-state index contributed by atoms with van der Waals surface area (Å²) in [7, 11) is 1.54. The molecule has 0 amide bonds. The van der Waals surface area contributed by atoms with Gasteiger partial charge >= 0.3 is 0 Å². The molecule has 0 aromatic heterocycles. The van der Waals surface area contributed by atoms with E-state index < -0.39 is 0 Å². The molecule has 60 valence electrons.